The topological polar surface area (TPSA) is 38.0 Å². The average molecular weight is 202 g/mol. The molecule has 0 aliphatic rings. The number of aliphatic hydroxyl groups excluding tert-OH is 1. The number of imidazole rings is 1. The third-order valence-corrected chi connectivity index (χ3v) is 2.44. The van der Waals surface area contributed by atoms with Gasteiger partial charge in [-0.05, 0) is 31.0 Å². The minimum atomic E-state index is -0.0160. The smallest absolute Gasteiger partial charge is 0.0996 e. The number of aliphatic hydroxyl groups is 1. The van der Waals surface area contributed by atoms with Crippen LogP contribution in [0.15, 0.2) is 30.7 Å². The number of nitrogens with zero attached hydrogens (tertiary/aromatic N) is 2. The first-order chi connectivity index (χ1) is 7.20. The molecule has 1 aromatic carbocycles. The highest BCUT2D eigenvalue weighted by Gasteiger charge is 2.02. The molecule has 0 bridgehead atoms. The molecule has 3 nitrogen and oxygen atoms in total. The van der Waals surface area contributed by atoms with Crippen LogP contribution in [0.3, 0.4) is 0 Å². The quantitative estimate of drug-likeness (QED) is 0.808. The monoisotopic (exact) mass is 202 g/mol. The predicted octanol–water partition coefficient (Wildman–Crippen LogP) is 1.98. The van der Waals surface area contributed by atoms with Gasteiger partial charge in [-0.3, -0.25) is 0 Å². The Morgan fingerprint density at radius 1 is 1.33 bits per heavy atom. The van der Waals surface area contributed by atoms with Crippen molar-refractivity contribution in [1.29, 1.82) is 0 Å². The largest absolute Gasteiger partial charge is 0.390 e. The summed E-state index contributed by atoms with van der Waals surface area (Å²) in [6.45, 7) is 4.11. The van der Waals surface area contributed by atoms with Gasteiger partial charge >= 0.3 is 0 Å². The molecule has 0 amide bonds. The molecule has 1 heterocycles. The third-order valence-electron chi connectivity index (χ3n) is 2.44. The van der Waals surface area contributed by atoms with Crippen molar-refractivity contribution in [1.82, 2.24) is 9.55 Å². The summed E-state index contributed by atoms with van der Waals surface area (Å²) in [5.41, 5.74) is 4.22. The molecule has 0 unspecified atom stereocenters. The second-order valence-electron chi connectivity index (χ2n) is 3.72. The number of benzene rings is 1. The first kappa shape index (κ1) is 9.93. The van der Waals surface area contributed by atoms with E-state index in [2.05, 4.69) is 37.0 Å². The van der Waals surface area contributed by atoms with Crippen LogP contribution in [0.1, 0.15) is 16.8 Å². The zero-order chi connectivity index (χ0) is 10.8. The SMILES string of the molecule is Cc1ccc(C)c(-n2cnc(CO)c2)c1. The Labute approximate surface area is 89.0 Å². The highest BCUT2D eigenvalue weighted by molar-refractivity contribution is 5.43. The molecule has 2 rings (SSSR count). The Morgan fingerprint density at radius 2 is 2.13 bits per heavy atom. The first-order valence-corrected chi connectivity index (χ1v) is 4.92. The Kier molecular flexibility index (Phi) is 2.56. The normalized spacial score (nSPS) is 10.6. The first-order valence-electron chi connectivity index (χ1n) is 4.92. The van der Waals surface area contributed by atoms with Crippen LogP contribution in [0, 0.1) is 13.8 Å². The fourth-order valence-corrected chi connectivity index (χ4v) is 1.57. The minimum Gasteiger partial charge on any atom is -0.390 e. The van der Waals surface area contributed by atoms with Crippen molar-refractivity contribution in [2.45, 2.75) is 20.5 Å². The molecule has 3 heteroatoms. The van der Waals surface area contributed by atoms with Gasteiger partial charge in [0.25, 0.3) is 0 Å². The van der Waals surface area contributed by atoms with Crippen molar-refractivity contribution in [2.24, 2.45) is 0 Å². The van der Waals surface area contributed by atoms with Crippen molar-refractivity contribution in [2.75, 3.05) is 0 Å². The van der Waals surface area contributed by atoms with Gasteiger partial charge < -0.3 is 9.67 Å². The predicted molar refractivity (Wildman–Crippen MR) is 59.0 cm³/mol. The van der Waals surface area contributed by atoms with Crippen LogP contribution < -0.4 is 0 Å². The maximum absolute atomic E-state index is 8.95. The van der Waals surface area contributed by atoms with Crippen LogP contribution in [0.2, 0.25) is 0 Å². The zero-order valence-electron chi connectivity index (χ0n) is 8.94. The van der Waals surface area contributed by atoms with Gasteiger partial charge in [0, 0.05) is 11.9 Å². The molecule has 0 aliphatic carbocycles. The van der Waals surface area contributed by atoms with E-state index in [1.165, 1.54) is 11.1 Å². The van der Waals surface area contributed by atoms with Gasteiger partial charge in [0.1, 0.15) is 0 Å². The summed E-state index contributed by atoms with van der Waals surface area (Å²) >= 11 is 0. The maximum atomic E-state index is 8.95. The van der Waals surface area contributed by atoms with Crippen molar-refractivity contribution in [3.8, 4) is 5.69 Å². The average Bonchev–Trinajstić information content (AvgIpc) is 2.70. The third kappa shape index (κ3) is 1.92. The molecule has 0 aliphatic heterocycles. The second-order valence-corrected chi connectivity index (χ2v) is 3.72. The van der Waals surface area contributed by atoms with Gasteiger partial charge in [-0.2, -0.15) is 0 Å². The molecule has 1 aromatic heterocycles. The van der Waals surface area contributed by atoms with E-state index in [0.717, 1.165) is 5.69 Å². The molecule has 0 spiro atoms. The summed E-state index contributed by atoms with van der Waals surface area (Å²) in [4.78, 5) is 4.09. The minimum absolute atomic E-state index is 0.0160. The van der Waals surface area contributed by atoms with Crippen LogP contribution in [0.25, 0.3) is 5.69 Å². The molecule has 15 heavy (non-hydrogen) atoms. The van der Waals surface area contributed by atoms with Crippen molar-refractivity contribution in [3.63, 3.8) is 0 Å². The van der Waals surface area contributed by atoms with Crippen LogP contribution in [-0.2, 0) is 6.61 Å². The lowest BCUT2D eigenvalue weighted by Crippen LogP contribution is -1.94. The standard InChI is InChI=1S/C12H14N2O/c1-9-3-4-10(2)12(5-9)14-6-11(7-15)13-8-14/h3-6,8,15H,7H2,1-2H3. The van der Waals surface area contributed by atoms with E-state index in [1.54, 1.807) is 6.33 Å². The second kappa shape index (κ2) is 3.87. The highest BCUT2D eigenvalue weighted by atomic mass is 16.3. The molecular weight excluding hydrogens is 188 g/mol. The number of rotatable bonds is 2. The lowest BCUT2D eigenvalue weighted by molar-refractivity contribution is 0.277. The van der Waals surface area contributed by atoms with Gasteiger partial charge in [0.15, 0.2) is 0 Å². The van der Waals surface area contributed by atoms with E-state index in [9.17, 15) is 0 Å². The van der Waals surface area contributed by atoms with Crippen LogP contribution in [-0.4, -0.2) is 14.7 Å². The summed E-state index contributed by atoms with van der Waals surface area (Å²) < 4.78 is 1.94. The molecule has 2 aromatic rings. The number of hydrogen-bond donors (Lipinski definition) is 1. The summed E-state index contributed by atoms with van der Waals surface area (Å²) in [6, 6.07) is 6.28. The van der Waals surface area contributed by atoms with Crippen molar-refractivity contribution < 1.29 is 5.11 Å². The summed E-state index contributed by atoms with van der Waals surface area (Å²) in [7, 11) is 0. The number of aryl methyl sites for hydroxylation is 2. The summed E-state index contributed by atoms with van der Waals surface area (Å²) in [6.07, 6.45) is 3.58. The van der Waals surface area contributed by atoms with Crippen LogP contribution >= 0.6 is 0 Å². The molecule has 0 saturated heterocycles. The molecule has 0 radical (unpaired) electrons. The number of hydrogen-bond acceptors (Lipinski definition) is 2. The Morgan fingerprint density at radius 3 is 2.80 bits per heavy atom. The van der Waals surface area contributed by atoms with E-state index in [0.29, 0.717) is 5.69 Å². The van der Waals surface area contributed by atoms with E-state index < -0.39 is 0 Å². The molecule has 0 fully saturated rings. The molecule has 1 N–H and O–H groups in total. The molecule has 0 saturated carbocycles. The Balaban J connectivity index is 2.48. The van der Waals surface area contributed by atoms with Gasteiger partial charge in [-0.15, -0.1) is 0 Å². The maximum Gasteiger partial charge on any atom is 0.0996 e. The lowest BCUT2D eigenvalue weighted by atomic mass is 10.1. The van der Waals surface area contributed by atoms with E-state index in [1.807, 2.05) is 10.8 Å². The lowest BCUT2D eigenvalue weighted by Gasteiger charge is -2.07. The van der Waals surface area contributed by atoms with Gasteiger partial charge in [-0.25, -0.2) is 4.98 Å². The highest BCUT2D eigenvalue weighted by Crippen LogP contribution is 2.16. The van der Waals surface area contributed by atoms with Crippen molar-refractivity contribution >= 4 is 0 Å². The van der Waals surface area contributed by atoms with Gasteiger partial charge in [-0.1, -0.05) is 12.1 Å². The molecular formula is C12H14N2O. The zero-order valence-corrected chi connectivity index (χ0v) is 8.94. The van der Waals surface area contributed by atoms with E-state index in [4.69, 9.17) is 5.11 Å². The molecule has 78 valence electrons. The van der Waals surface area contributed by atoms with E-state index >= 15 is 0 Å². The summed E-state index contributed by atoms with van der Waals surface area (Å²) in [5, 5.41) is 8.95. The van der Waals surface area contributed by atoms with Crippen LogP contribution in [0.4, 0.5) is 0 Å². The van der Waals surface area contributed by atoms with Crippen molar-refractivity contribution in [3.05, 3.63) is 47.5 Å². The van der Waals surface area contributed by atoms with Crippen LogP contribution in [0.5, 0.6) is 0 Å². The van der Waals surface area contributed by atoms with E-state index in [-0.39, 0.29) is 6.61 Å². The molecule has 0 atom stereocenters. The Hall–Kier alpha value is -1.61. The fraction of sp³-hybridized carbons (Fsp3) is 0.250. The Bertz CT molecular complexity index is 474. The number of aromatic nitrogens is 2. The fourth-order valence-electron chi connectivity index (χ4n) is 1.57. The summed E-state index contributed by atoms with van der Waals surface area (Å²) in [5.74, 6) is 0. The van der Waals surface area contributed by atoms with Gasteiger partial charge in [0.05, 0.1) is 18.6 Å². The van der Waals surface area contributed by atoms with Gasteiger partial charge in [0.2, 0.25) is 0 Å².